The Balaban J connectivity index is 1.92. The fourth-order valence-electron chi connectivity index (χ4n) is 2.15. The molecule has 0 atom stereocenters. The van der Waals surface area contributed by atoms with Crippen molar-refractivity contribution in [3.8, 4) is 0 Å². The lowest BCUT2D eigenvalue weighted by Crippen LogP contribution is -2.23. The van der Waals surface area contributed by atoms with Gasteiger partial charge in [0.1, 0.15) is 0 Å². The van der Waals surface area contributed by atoms with E-state index in [1.807, 2.05) is 42.5 Å². The second-order valence-electron chi connectivity index (χ2n) is 4.73. The van der Waals surface area contributed by atoms with Crippen LogP contribution < -0.4 is 11.1 Å². The molecule has 3 N–H and O–H groups in total. The van der Waals surface area contributed by atoms with Gasteiger partial charge in [0.05, 0.1) is 0 Å². The summed E-state index contributed by atoms with van der Waals surface area (Å²) in [6.07, 6.45) is 1.08. The molecule has 4 nitrogen and oxygen atoms in total. The zero-order chi connectivity index (χ0) is 14.4. The van der Waals surface area contributed by atoms with Gasteiger partial charge < -0.3 is 11.1 Å². The van der Waals surface area contributed by atoms with E-state index in [4.69, 9.17) is 5.73 Å². The number of nitrogens with one attached hydrogen (secondary N) is 1. The largest absolute Gasteiger partial charge is 0.370 e. The van der Waals surface area contributed by atoms with Crippen molar-refractivity contribution in [3.63, 3.8) is 0 Å². The number of hydrogen-bond acceptors (Lipinski definition) is 2. The predicted octanol–water partition coefficient (Wildman–Crippen LogP) is 2.11. The molecule has 2 aromatic rings. The van der Waals surface area contributed by atoms with Crippen molar-refractivity contribution in [2.75, 3.05) is 0 Å². The average Bonchev–Trinajstić information content (AvgIpc) is 2.44. The topological polar surface area (TPSA) is 72.2 Å². The van der Waals surface area contributed by atoms with Crippen LogP contribution in [0.2, 0.25) is 0 Å². The Hall–Kier alpha value is -2.36. The molecule has 0 unspecified atom stereocenters. The van der Waals surface area contributed by atoms with Crippen molar-refractivity contribution < 1.29 is 9.59 Å². The second kappa shape index (κ2) is 6.70. The molecule has 20 heavy (non-hydrogen) atoms. The van der Waals surface area contributed by atoms with E-state index in [0.717, 1.165) is 16.3 Å². The summed E-state index contributed by atoms with van der Waals surface area (Å²) in [6.45, 7) is 0.497. The summed E-state index contributed by atoms with van der Waals surface area (Å²) < 4.78 is 0. The summed E-state index contributed by atoms with van der Waals surface area (Å²) in [6, 6.07) is 14.1. The molecule has 104 valence electrons. The highest BCUT2D eigenvalue weighted by Crippen LogP contribution is 2.18. The first-order valence-corrected chi connectivity index (χ1v) is 6.68. The maximum absolute atomic E-state index is 11.7. The molecule has 4 heteroatoms. The Kier molecular flexibility index (Phi) is 4.71. The number of hydrogen-bond donors (Lipinski definition) is 2. The van der Waals surface area contributed by atoms with Gasteiger partial charge in [-0.2, -0.15) is 0 Å². The normalized spacial score (nSPS) is 10.4. The van der Waals surface area contributed by atoms with E-state index < -0.39 is 0 Å². The van der Waals surface area contributed by atoms with Gasteiger partial charge in [-0.15, -0.1) is 0 Å². The SMILES string of the molecule is NC(=O)CCCC(=O)NCc1cccc2ccccc12. The van der Waals surface area contributed by atoms with Gasteiger partial charge >= 0.3 is 0 Å². The zero-order valence-electron chi connectivity index (χ0n) is 11.3. The molecule has 0 radical (unpaired) electrons. The Labute approximate surface area is 118 Å². The van der Waals surface area contributed by atoms with Crippen molar-refractivity contribution >= 4 is 22.6 Å². The Morgan fingerprint density at radius 1 is 1.00 bits per heavy atom. The molecule has 0 aliphatic carbocycles. The molecule has 0 fully saturated rings. The molecule has 0 heterocycles. The van der Waals surface area contributed by atoms with E-state index >= 15 is 0 Å². The highest BCUT2D eigenvalue weighted by atomic mass is 16.2. The minimum atomic E-state index is -0.369. The van der Waals surface area contributed by atoms with Crippen molar-refractivity contribution in [2.24, 2.45) is 5.73 Å². The smallest absolute Gasteiger partial charge is 0.220 e. The number of fused-ring (bicyclic) bond motifs is 1. The molecule has 0 aromatic heterocycles. The summed E-state index contributed by atoms with van der Waals surface area (Å²) in [7, 11) is 0. The van der Waals surface area contributed by atoms with E-state index in [0.29, 0.717) is 19.4 Å². The summed E-state index contributed by atoms with van der Waals surface area (Å²) >= 11 is 0. The fraction of sp³-hybridized carbons (Fsp3) is 0.250. The quantitative estimate of drug-likeness (QED) is 0.843. The van der Waals surface area contributed by atoms with E-state index in [9.17, 15) is 9.59 Å². The van der Waals surface area contributed by atoms with Crippen LogP contribution in [0.5, 0.6) is 0 Å². The molecule has 0 aliphatic heterocycles. The molecule has 0 spiro atoms. The van der Waals surface area contributed by atoms with Crippen LogP contribution in [-0.2, 0) is 16.1 Å². The van der Waals surface area contributed by atoms with Gasteiger partial charge in [0.25, 0.3) is 0 Å². The molecule has 0 aliphatic rings. The number of amides is 2. The number of primary amides is 1. The number of carbonyl (C=O) groups excluding carboxylic acids is 2. The lowest BCUT2D eigenvalue weighted by molar-refractivity contribution is -0.121. The highest BCUT2D eigenvalue weighted by molar-refractivity contribution is 5.86. The van der Waals surface area contributed by atoms with Gasteiger partial charge in [-0.25, -0.2) is 0 Å². The Bertz CT molecular complexity index is 617. The molecule has 0 saturated carbocycles. The van der Waals surface area contributed by atoms with Crippen LogP contribution in [0.4, 0.5) is 0 Å². The number of rotatable bonds is 6. The third-order valence-corrected chi connectivity index (χ3v) is 3.18. The maximum atomic E-state index is 11.7. The van der Waals surface area contributed by atoms with Gasteiger partial charge in [-0.3, -0.25) is 9.59 Å². The number of benzene rings is 2. The first-order chi connectivity index (χ1) is 9.66. The monoisotopic (exact) mass is 270 g/mol. The predicted molar refractivity (Wildman–Crippen MR) is 78.8 cm³/mol. The van der Waals surface area contributed by atoms with Gasteiger partial charge in [-0.1, -0.05) is 42.5 Å². The summed E-state index contributed by atoms with van der Waals surface area (Å²) in [4.78, 5) is 22.3. The minimum absolute atomic E-state index is 0.0563. The number of carbonyl (C=O) groups is 2. The molecule has 2 aromatic carbocycles. The van der Waals surface area contributed by atoms with E-state index in [1.165, 1.54) is 0 Å². The first-order valence-electron chi connectivity index (χ1n) is 6.68. The van der Waals surface area contributed by atoms with Crippen molar-refractivity contribution in [1.82, 2.24) is 5.32 Å². The Morgan fingerprint density at radius 3 is 2.55 bits per heavy atom. The summed E-state index contributed by atoms with van der Waals surface area (Å²) in [5.74, 6) is -0.425. The minimum Gasteiger partial charge on any atom is -0.370 e. The van der Waals surface area contributed by atoms with Gasteiger partial charge in [0.2, 0.25) is 11.8 Å². The molecular formula is C16H18N2O2. The van der Waals surface area contributed by atoms with Gasteiger partial charge in [0, 0.05) is 19.4 Å². The summed E-state index contributed by atoms with van der Waals surface area (Å²) in [5, 5.41) is 5.18. The van der Waals surface area contributed by atoms with Crippen LogP contribution in [0, 0.1) is 0 Å². The first kappa shape index (κ1) is 14.1. The van der Waals surface area contributed by atoms with Crippen LogP contribution in [0.25, 0.3) is 10.8 Å². The third-order valence-electron chi connectivity index (χ3n) is 3.18. The second-order valence-corrected chi connectivity index (χ2v) is 4.73. The molecule has 2 rings (SSSR count). The van der Waals surface area contributed by atoms with Crippen LogP contribution in [-0.4, -0.2) is 11.8 Å². The third kappa shape index (κ3) is 3.82. The average molecular weight is 270 g/mol. The van der Waals surface area contributed by atoms with Gasteiger partial charge in [-0.05, 0) is 22.8 Å². The molecule has 0 saturated heterocycles. The van der Waals surface area contributed by atoms with Crippen molar-refractivity contribution in [3.05, 3.63) is 48.0 Å². The van der Waals surface area contributed by atoms with Crippen LogP contribution in [0.1, 0.15) is 24.8 Å². The van der Waals surface area contributed by atoms with Crippen molar-refractivity contribution in [2.45, 2.75) is 25.8 Å². The highest BCUT2D eigenvalue weighted by Gasteiger charge is 2.04. The number of nitrogens with two attached hydrogens (primary N) is 1. The lowest BCUT2D eigenvalue weighted by atomic mass is 10.0. The maximum Gasteiger partial charge on any atom is 0.220 e. The lowest BCUT2D eigenvalue weighted by Gasteiger charge is -2.08. The van der Waals surface area contributed by atoms with E-state index in [2.05, 4.69) is 5.32 Å². The van der Waals surface area contributed by atoms with Crippen LogP contribution in [0.3, 0.4) is 0 Å². The fourth-order valence-corrected chi connectivity index (χ4v) is 2.15. The van der Waals surface area contributed by atoms with E-state index in [1.54, 1.807) is 0 Å². The standard InChI is InChI=1S/C16H18N2O2/c17-15(19)9-4-10-16(20)18-11-13-7-3-6-12-5-1-2-8-14(12)13/h1-3,5-8H,4,9-11H2,(H2,17,19)(H,18,20). The zero-order valence-corrected chi connectivity index (χ0v) is 11.3. The molecule has 2 amide bonds. The van der Waals surface area contributed by atoms with Crippen LogP contribution in [0.15, 0.2) is 42.5 Å². The summed E-state index contributed by atoms with van der Waals surface area (Å²) in [5.41, 5.74) is 6.12. The molecular weight excluding hydrogens is 252 g/mol. The van der Waals surface area contributed by atoms with Crippen molar-refractivity contribution in [1.29, 1.82) is 0 Å². The van der Waals surface area contributed by atoms with Gasteiger partial charge in [0.15, 0.2) is 0 Å². The molecule has 0 bridgehead atoms. The Morgan fingerprint density at radius 2 is 1.75 bits per heavy atom. The van der Waals surface area contributed by atoms with E-state index in [-0.39, 0.29) is 18.2 Å². The van der Waals surface area contributed by atoms with Crippen LogP contribution >= 0.6 is 0 Å².